The first kappa shape index (κ1) is 44.3. The van der Waals surface area contributed by atoms with Crippen LogP contribution in [0.5, 0.6) is 5.75 Å². The van der Waals surface area contributed by atoms with E-state index in [0.717, 1.165) is 27.8 Å². The third kappa shape index (κ3) is 17.2. The molecule has 0 heterocycles. The minimum absolute atomic E-state index is 0.00138. The highest BCUT2D eigenvalue weighted by Gasteiger charge is 2.16. The zero-order chi connectivity index (χ0) is 39.2. The monoisotopic (exact) mass is 789 g/mol. The van der Waals surface area contributed by atoms with Crippen LogP contribution < -0.4 is 5.73 Å². The van der Waals surface area contributed by atoms with Crippen LogP contribution in [0.4, 0.5) is 22.7 Å². The zero-order valence-corrected chi connectivity index (χ0v) is 31.0. The van der Waals surface area contributed by atoms with Crippen LogP contribution in [0.2, 0.25) is 0 Å². The Morgan fingerprint density at radius 3 is 1.88 bits per heavy atom. The molecule has 0 radical (unpaired) electrons. The fraction of sp³-hybridized carbons (Fsp3) is 0.241. The summed E-state index contributed by atoms with van der Waals surface area (Å²) >= 11 is 0. The van der Waals surface area contributed by atoms with Gasteiger partial charge in [0.25, 0.3) is 10.1 Å². The van der Waals surface area contributed by atoms with E-state index in [4.69, 9.17) is 27.5 Å². The molecule has 0 aliphatic heterocycles. The highest BCUT2D eigenvalue weighted by molar-refractivity contribution is 7.91. The molecule has 18 nitrogen and oxygen atoms in total. The van der Waals surface area contributed by atoms with E-state index in [1.165, 1.54) is 31.3 Å². The van der Waals surface area contributed by atoms with Crippen molar-refractivity contribution in [3.63, 3.8) is 0 Å². The van der Waals surface area contributed by atoms with Gasteiger partial charge in [-0.1, -0.05) is 24.3 Å². The molecule has 4 aromatic carbocycles. The van der Waals surface area contributed by atoms with Crippen molar-refractivity contribution in [1.82, 2.24) is 0 Å². The van der Waals surface area contributed by atoms with Gasteiger partial charge >= 0.3 is 21.0 Å². The van der Waals surface area contributed by atoms with E-state index in [-0.39, 0.29) is 10.6 Å². The topological polar surface area (TPSA) is 299 Å². The minimum atomic E-state index is -4.63. The average molecular weight is 790 g/mol. The van der Waals surface area contributed by atoms with E-state index < -0.39 is 53.3 Å². The highest BCUT2D eigenvalue weighted by atomic mass is 32.3. The Morgan fingerprint density at radius 2 is 1.37 bits per heavy atom. The molecule has 0 amide bonds. The molecule has 22 heteroatoms. The van der Waals surface area contributed by atoms with Gasteiger partial charge in [-0.05, 0) is 85.3 Å². The number of phenolic OH excluding ortho intramolecular Hbond substituents is 1. The number of phenols is 1. The second-order valence-corrected chi connectivity index (χ2v) is 15.2. The molecule has 0 aromatic heterocycles. The lowest BCUT2D eigenvalue weighted by atomic mass is 9.99. The quantitative estimate of drug-likeness (QED) is 0.104. The number of rotatable bonds is 8. The summed E-state index contributed by atoms with van der Waals surface area (Å²) in [7, 11) is -13.6. The summed E-state index contributed by atoms with van der Waals surface area (Å²) < 4.78 is 108. The maximum atomic E-state index is 11.8. The summed E-state index contributed by atoms with van der Waals surface area (Å²) in [6.07, 6.45) is 0.715. The largest absolute Gasteiger partial charge is 0.505 e. The molecule has 278 valence electrons. The number of nitrogen functional groups attached to an aromatic ring is 1. The lowest BCUT2D eigenvalue weighted by Crippen LogP contribution is -2.15. The van der Waals surface area contributed by atoms with Crippen molar-refractivity contribution in [3.05, 3.63) is 83.4 Å². The molecular formula is C29H35N5O13S4. The van der Waals surface area contributed by atoms with E-state index >= 15 is 0 Å². The van der Waals surface area contributed by atoms with Crippen molar-refractivity contribution in [1.29, 1.82) is 0 Å². The molecule has 0 fully saturated rings. The summed E-state index contributed by atoms with van der Waals surface area (Å²) in [6, 6.07) is 19.0. The highest BCUT2D eigenvalue weighted by Crippen LogP contribution is 2.40. The number of benzene rings is 4. The summed E-state index contributed by atoms with van der Waals surface area (Å²) in [5, 5.41) is 27.7. The zero-order valence-electron chi connectivity index (χ0n) is 27.7. The Balaban J connectivity index is 0.000000418. The van der Waals surface area contributed by atoms with Crippen LogP contribution in [0.3, 0.4) is 0 Å². The van der Waals surface area contributed by atoms with Gasteiger partial charge < -0.3 is 10.8 Å². The average Bonchev–Trinajstić information content (AvgIpc) is 2.98. The Hall–Kier alpha value is -4.71. The predicted octanol–water partition coefficient (Wildman–Crippen LogP) is 4.96. The number of nitrogens with zero attached hydrogens (tertiary/aromatic N) is 4. The normalized spacial score (nSPS) is 11.6. The van der Waals surface area contributed by atoms with Crippen molar-refractivity contribution in [2.45, 2.75) is 25.7 Å². The van der Waals surface area contributed by atoms with Gasteiger partial charge in [-0.15, -0.1) is 17.7 Å². The molecule has 0 aliphatic carbocycles. The van der Waals surface area contributed by atoms with Crippen LogP contribution >= 0.6 is 0 Å². The lowest BCUT2D eigenvalue weighted by molar-refractivity contribution is 0.284. The third-order valence-electron chi connectivity index (χ3n) is 6.10. The number of anilines is 1. The minimum Gasteiger partial charge on any atom is -0.505 e. The lowest BCUT2D eigenvalue weighted by Gasteiger charge is -2.11. The molecule has 5 N–H and O–H groups in total. The van der Waals surface area contributed by atoms with Crippen molar-refractivity contribution in [2.75, 3.05) is 31.4 Å². The van der Waals surface area contributed by atoms with Gasteiger partial charge in [0.15, 0.2) is 15.6 Å². The van der Waals surface area contributed by atoms with Gasteiger partial charge in [0, 0.05) is 18.1 Å². The van der Waals surface area contributed by atoms with E-state index in [0.29, 0.717) is 28.7 Å². The fourth-order valence-corrected chi connectivity index (χ4v) is 5.31. The number of hydrogen-bond donors (Lipinski definition) is 4. The maximum absolute atomic E-state index is 11.8. The molecule has 0 bridgehead atoms. The van der Waals surface area contributed by atoms with Gasteiger partial charge in [-0.3, -0.25) is 9.11 Å². The van der Waals surface area contributed by atoms with Crippen molar-refractivity contribution in [3.8, 4) is 5.75 Å². The summed E-state index contributed by atoms with van der Waals surface area (Å²) in [6.45, 7) is 5.30. The second-order valence-electron chi connectivity index (χ2n) is 10.1. The van der Waals surface area contributed by atoms with Gasteiger partial charge in [0.2, 0.25) is 0 Å². The Labute approximate surface area is 296 Å². The first-order chi connectivity index (χ1) is 23.4. The van der Waals surface area contributed by atoms with Crippen LogP contribution in [0.1, 0.15) is 16.7 Å². The Morgan fingerprint density at radius 1 is 0.804 bits per heavy atom. The van der Waals surface area contributed by atoms with E-state index in [1.54, 1.807) is 6.07 Å². The fourth-order valence-electron chi connectivity index (χ4n) is 3.83. The molecule has 4 aromatic rings. The molecule has 0 saturated carbocycles. The SMILES string of the molecule is CN=Nc1ccc(S(=O)(=O)CCOS(=O)(=O)O)cc1.CS(=O)(=O)O.Cc1cccc(N=Nc2ccc3cc(C)c(C)c(N)c3c2O)c1.O=S(=O)=O. The van der Waals surface area contributed by atoms with Crippen LogP contribution in [0, 0.1) is 20.8 Å². The van der Waals surface area contributed by atoms with Crippen molar-refractivity contribution >= 4 is 74.5 Å². The van der Waals surface area contributed by atoms with Crippen LogP contribution in [-0.4, -0.2) is 77.8 Å². The number of hydrogen-bond acceptors (Lipinski definition) is 16. The number of azo groups is 2. The van der Waals surface area contributed by atoms with E-state index in [2.05, 4.69) is 24.6 Å². The first-order valence-electron chi connectivity index (χ1n) is 13.9. The molecule has 4 rings (SSSR count). The molecule has 0 spiro atoms. The van der Waals surface area contributed by atoms with E-state index in [1.807, 2.05) is 57.2 Å². The third-order valence-corrected chi connectivity index (χ3v) is 8.26. The number of sulfone groups is 1. The van der Waals surface area contributed by atoms with Crippen molar-refractivity contribution in [2.24, 2.45) is 20.5 Å². The number of aromatic hydroxyl groups is 1. The predicted molar refractivity (Wildman–Crippen MR) is 188 cm³/mol. The van der Waals surface area contributed by atoms with Gasteiger partial charge in [0.1, 0.15) is 5.69 Å². The number of aryl methyl sites for hydroxylation is 2. The molecule has 0 aliphatic rings. The Kier molecular flexibility index (Phi) is 17.0. The molecule has 0 unspecified atom stereocenters. The summed E-state index contributed by atoms with van der Waals surface area (Å²) in [4.78, 5) is 0.00138. The number of fused-ring (bicyclic) bond motifs is 1. The standard InChI is InChI=1S/C19H19N3O.C9H12N2O6S2.CH4O3S.O3S/c1-11-5-4-6-15(9-11)21-22-16-8-7-14-10-12(2)13(3)18(20)17(14)19(16)23;1-10-11-8-2-4-9(5-3-8)18(12,13)7-6-17-19(14,15)16;1-5(2,3)4;1-4(2)3/h4-10,23H,20H2,1-3H3;2-5H,6-7H2,1H3,(H,14,15,16);1H3,(H,2,3,4);. The maximum Gasteiger partial charge on any atom is 0.425 e. The number of nitrogens with two attached hydrogens (primary N) is 1. The smallest absolute Gasteiger partial charge is 0.425 e. The summed E-state index contributed by atoms with van der Waals surface area (Å²) in [5.74, 6) is -0.499. The molecule has 51 heavy (non-hydrogen) atoms. The Bertz CT molecular complexity index is 2320. The van der Waals surface area contributed by atoms with Crippen LogP contribution in [-0.2, 0) is 45.1 Å². The van der Waals surface area contributed by atoms with Gasteiger partial charge in [0.05, 0.1) is 34.9 Å². The first-order valence-corrected chi connectivity index (χ1v) is 19.7. The van der Waals surface area contributed by atoms with Crippen LogP contribution in [0.25, 0.3) is 10.8 Å². The van der Waals surface area contributed by atoms with Crippen LogP contribution in [0.15, 0.2) is 92.1 Å². The van der Waals surface area contributed by atoms with E-state index in [9.17, 15) is 30.4 Å². The van der Waals surface area contributed by atoms with Crippen molar-refractivity contribution < 1.29 is 56.3 Å². The van der Waals surface area contributed by atoms with Gasteiger partial charge in [-0.2, -0.15) is 32.2 Å². The molecule has 0 atom stereocenters. The molecule has 0 saturated heterocycles. The van der Waals surface area contributed by atoms with Gasteiger partial charge in [-0.25, -0.2) is 12.6 Å². The molecular weight excluding hydrogens is 755 g/mol. The second kappa shape index (κ2) is 19.6. The summed E-state index contributed by atoms with van der Waals surface area (Å²) in [5.41, 5.74) is 11.6.